The van der Waals surface area contributed by atoms with E-state index in [1.165, 1.54) is 16.9 Å². The Bertz CT molecular complexity index is 680. The van der Waals surface area contributed by atoms with Gasteiger partial charge < -0.3 is 15.0 Å². The van der Waals surface area contributed by atoms with Gasteiger partial charge in [0.2, 0.25) is 0 Å². The molecule has 0 amide bonds. The van der Waals surface area contributed by atoms with Crippen molar-refractivity contribution < 1.29 is 4.74 Å². The molecule has 0 bridgehead atoms. The summed E-state index contributed by atoms with van der Waals surface area (Å²) in [5.41, 5.74) is 4.88. The van der Waals surface area contributed by atoms with Crippen LogP contribution in [-0.4, -0.2) is 36.0 Å². The van der Waals surface area contributed by atoms with Crippen molar-refractivity contribution >= 4 is 5.69 Å². The first-order valence-electron chi connectivity index (χ1n) is 8.20. The van der Waals surface area contributed by atoms with E-state index in [0.29, 0.717) is 6.04 Å². The van der Waals surface area contributed by atoms with E-state index in [1.807, 2.05) is 23.9 Å². The molecule has 124 valence electrons. The molecule has 1 saturated heterocycles. The van der Waals surface area contributed by atoms with Crippen molar-refractivity contribution in [1.82, 2.24) is 15.1 Å². The Morgan fingerprint density at radius 1 is 1.30 bits per heavy atom. The number of ether oxygens (including phenoxy) is 1. The number of nitrogens with zero attached hydrogens (tertiary/aromatic N) is 3. The molecule has 2 heterocycles. The van der Waals surface area contributed by atoms with Crippen molar-refractivity contribution in [2.24, 2.45) is 7.05 Å². The summed E-state index contributed by atoms with van der Waals surface area (Å²) in [5, 5.41) is 8.19. The number of methoxy groups -OCH3 is 1. The highest BCUT2D eigenvalue weighted by molar-refractivity contribution is 5.59. The zero-order valence-electron chi connectivity index (χ0n) is 14.5. The summed E-state index contributed by atoms with van der Waals surface area (Å²) in [6.07, 6.45) is 1.15. The Kier molecular flexibility index (Phi) is 4.57. The lowest BCUT2D eigenvalue weighted by Gasteiger charge is -2.21. The van der Waals surface area contributed by atoms with Crippen molar-refractivity contribution in [3.05, 3.63) is 41.2 Å². The molecule has 5 heteroatoms. The van der Waals surface area contributed by atoms with E-state index in [2.05, 4.69) is 41.3 Å². The second-order valence-corrected chi connectivity index (χ2v) is 6.26. The predicted molar refractivity (Wildman–Crippen MR) is 93.1 cm³/mol. The molecule has 0 aliphatic carbocycles. The maximum absolute atomic E-state index is 5.48. The Labute approximate surface area is 138 Å². The lowest BCUT2D eigenvalue weighted by Crippen LogP contribution is -2.32. The fraction of sp³-hybridized carbons (Fsp3) is 0.500. The van der Waals surface area contributed by atoms with Crippen molar-refractivity contribution in [2.45, 2.75) is 32.9 Å². The number of hydrogen-bond acceptors (Lipinski definition) is 4. The highest BCUT2D eigenvalue weighted by Gasteiger charge is 2.24. The number of hydrogen-bond donors (Lipinski definition) is 1. The monoisotopic (exact) mass is 314 g/mol. The van der Waals surface area contributed by atoms with Crippen molar-refractivity contribution in [3.63, 3.8) is 0 Å². The first-order valence-corrected chi connectivity index (χ1v) is 8.20. The largest absolute Gasteiger partial charge is 0.495 e. The zero-order valence-corrected chi connectivity index (χ0v) is 14.5. The van der Waals surface area contributed by atoms with Gasteiger partial charge >= 0.3 is 0 Å². The molecular weight excluding hydrogens is 288 g/mol. The third kappa shape index (κ3) is 3.20. The van der Waals surface area contributed by atoms with Crippen molar-refractivity contribution in [1.29, 1.82) is 0 Å². The summed E-state index contributed by atoms with van der Waals surface area (Å²) < 4.78 is 7.44. The van der Waals surface area contributed by atoms with Gasteiger partial charge in [-0.1, -0.05) is 12.1 Å². The minimum Gasteiger partial charge on any atom is -0.495 e. The molecule has 0 saturated carbocycles. The van der Waals surface area contributed by atoms with Gasteiger partial charge in [-0.05, 0) is 32.4 Å². The van der Waals surface area contributed by atoms with E-state index in [0.717, 1.165) is 37.5 Å². The summed E-state index contributed by atoms with van der Waals surface area (Å²) in [4.78, 5) is 2.40. The Hall–Kier alpha value is -2.01. The molecule has 1 fully saturated rings. The third-order valence-corrected chi connectivity index (χ3v) is 4.84. The predicted octanol–water partition coefficient (Wildman–Crippen LogP) is 2.41. The van der Waals surface area contributed by atoms with Crippen molar-refractivity contribution in [3.8, 4) is 5.75 Å². The molecule has 1 aliphatic rings. The van der Waals surface area contributed by atoms with Crippen LogP contribution in [0.25, 0.3) is 0 Å². The van der Waals surface area contributed by atoms with Gasteiger partial charge in [-0.2, -0.15) is 5.10 Å². The van der Waals surface area contributed by atoms with Crippen LogP contribution in [-0.2, 0) is 13.6 Å². The van der Waals surface area contributed by atoms with Crippen LogP contribution in [0, 0.1) is 13.8 Å². The second kappa shape index (κ2) is 6.62. The van der Waals surface area contributed by atoms with Gasteiger partial charge in [0.05, 0.1) is 18.5 Å². The Morgan fingerprint density at radius 3 is 2.78 bits per heavy atom. The summed E-state index contributed by atoms with van der Waals surface area (Å²) in [5.74, 6) is 0.951. The van der Waals surface area contributed by atoms with Gasteiger partial charge in [0, 0.05) is 44.0 Å². The molecule has 1 atom stereocenters. The highest BCUT2D eigenvalue weighted by atomic mass is 16.5. The molecule has 2 aromatic rings. The number of para-hydroxylation sites is 2. The number of nitrogens with one attached hydrogen (secondary N) is 1. The Morgan fingerprint density at radius 2 is 2.09 bits per heavy atom. The van der Waals surface area contributed by atoms with Crippen molar-refractivity contribution in [2.75, 3.05) is 25.1 Å². The molecule has 1 N–H and O–H groups in total. The minimum absolute atomic E-state index is 0.499. The quantitative estimate of drug-likeness (QED) is 0.920. The van der Waals surface area contributed by atoms with Crippen LogP contribution in [0.3, 0.4) is 0 Å². The molecule has 5 nitrogen and oxygen atoms in total. The first kappa shape index (κ1) is 15.9. The third-order valence-electron chi connectivity index (χ3n) is 4.84. The fourth-order valence-corrected chi connectivity index (χ4v) is 3.36. The van der Waals surface area contributed by atoms with E-state index in [-0.39, 0.29) is 0 Å². The lowest BCUT2D eigenvalue weighted by molar-refractivity contribution is 0.414. The maximum Gasteiger partial charge on any atom is 0.142 e. The number of anilines is 1. The normalized spacial score (nSPS) is 17.7. The van der Waals surface area contributed by atoms with E-state index < -0.39 is 0 Å². The standard InChI is InChI=1S/C18H26N4O/c1-13-16(14(2)21(3)20-13)11-19-15-9-10-22(12-15)17-7-5-6-8-18(17)23-4/h5-8,15,19H,9-12H2,1-4H3/t15-/m0/s1. The molecule has 23 heavy (non-hydrogen) atoms. The summed E-state index contributed by atoms with van der Waals surface area (Å²) >= 11 is 0. The van der Waals surface area contributed by atoms with Crippen LogP contribution in [0.1, 0.15) is 23.4 Å². The van der Waals surface area contributed by atoms with Gasteiger partial charge in [0.25, 0.3) is 0 Å². The van der Waals surface area contributed by atoms with Gasteiger partial charge in [-0.3, -0.25) is 4.68 Å². The number of aromatic nitrogens is 2. The first-order chi connectivity index (χ1) is 11.1. The number of benzene rings is 1. The molecule has 3 rings (SSSR count). The molecular formula is C18H26N4O. The lowest BCUT2D eigenvalue weighted by atomic mass is 10.1. The molecule has 1 aromatic carbocycles. The zero-order chi connectivity index (χ0) is 16.4. The highest BCUT2D eigenvalue weighted by Crippen LogP contribution is 2.30. The van der Waals surface area contributed by atoms with Gasteiger partial charge in [0.15, 0.2) is 0 Å². The molecule has 1 aliphatic heterocycles. The molecule has 1 aromatic heterocycles. The van der Waals surface area contributed by atoms with Crippen LogP contribution < -0.4 is 15.0 Å². The van der Waals surface area contributed by atoms with E-state index in [9.17, 15) is 0 Å². The van der Waals surface area contributed by atoms with Gasteiger partial charge in [0.1, 0.15) is 5.75 Å². The average molecular weight is 314 g/mol. The fourth-order valence-electron chi connectivity index (χ4n) is 3.36. The van der Waals surface area contributed by atoms with Crippen LogP contribution in [0.5, 0.6) is 5.75 Å². The van der Waals surface area contributed by atoms with Gasteiger partial charge in [-0.15, -0.1) is 0 Å². The van der Waals surface area contributed by atoms with E-state index in [1.54, 1.807) is 7.11 Å². The topological polar surface area (TPSA) is 42.3 Å². The van der Waals surface area contributed by atoms with Crippen LogP contribution in [0.15, 0.2) is 24.3 Å². The molecule has 0 radical (unpaired) electrons. The van der Waals surface area contributed by atoms with Gasteiger partial charge in [-0.25, -0.2) is 0 Å². The Balaban J connectivity index is 1.62. The molecule has 0 spiro atoms. The number of aryl methyl sites for hydroxylation is 2. The maximum atomic E-state index is 5.48. The van der Waals surface area contributed by atoms with Crippen LogP contribution >= 0.6 is 0 Å². The molecule has 0 unspecified atom stereocenters. The minimum atomic E-state index is 0.499. The summed E-state index contributed by atoms with van der Waals surface area (Å²) in [6.45, 7) is 7.17. The average Bonchev–Trinajstić information content (AvgIpc) is 3.11. The van der Waals surface area contributed by atoms with E-state index in [4.69, 9.17) is 4.74 Å². The van der Waals surface area contributed by atoms with E-state index >= 15 is 0 Å². The second-order valence-electron chi connectivity index (χ2n) is 6.26. The van der Waals surface area contributed by atoms with Crippen LogP contribution in [0.2, 0.25) is 0 Å². The number of rotatable bonds is 5. The smallest absolute Gasteiger partial charge is 0.142 e. The summed E-state index contributed by atoms with van der Waals surface area (Å²) in [7, 11) is 3.74. The van der Waals surface area contributed by atoms with Crippen LogP contribution in [0.4, 0.5) is 5.69 Å². The summed E-state index contributed by atoms with van der Waals surface area (Å²) in [6, 6.07) is 8.75. The SMILES string of the molecule is COc1ccccc1N1CC[C@H](NCc2c(C)nn(C)c2C)C1.